The highest BCUT2D eigenvalue weighted by Crippen LogP contribution is 2.28. The minimum absolute atomic E-state index is 0.0516. The van der Waals surface area contributed by atoms with Gasteiger partial charge in [0.2, 0.25) is 17.3 Å². The van der Waals surface area contributed by atoms with E-state index in [9.17, 15) is 27.6 Å². The Hall–Kier alpha value is -2.41. The maximum Gasteiger partial charge on any atom is 0.450 e. The van der Waals surface area contributed by atoms with Crippen LogP contribution >= 0.6 is 11.8 Å². The van der Waals surface area contributed by atoms with Crippen molar-refractivity contribution in [2.75, 3.05) is 0 Å². The molecule has 0 amide bonds. The Bertz CT molecular complexity index is 783. The molecule has 0 aliphatic carbocycles. The van der Waals surface area contributed by atoms with Gasteiger partial charge in [0, 0.05) is 15.4 Å². The summed E-state index contributed by atoms with van der Waals surface area (Å²) in [6, 6.07) is 15.3. The van der Waals surface area contributed by atoms with Crippen LogP contribution in [0.2, 0.25) is 0 Å². The van der Waals surface area contributed by atoms with Crippen molar-refractivity contribution in [3.63, 3.8) is 0 Å². The van der Waals surface area contributed by atoms with Crippen molar-refractivity contribution in [3.8, 4) is 0 Å². The minimum Gasteiger partial charge on any atom is -0.290 e. The van der Waals surface area contributed by atoms with Crippen LogP contribution in [-0.4, -0.2) is 23.5 Å². The van der Waals surface area contributed by atoms with Crippen LogP contribution in [0, 0.1) is 5.92 Å². The highest BCUT2D eigenvalue weighted by molar-refractivity contribution is 7.99. The van der Waals surface area contributed by atoms with Gasteiger partial charge in [-0.2, -0.15) is 13.2 Å². The highest BCUT2D eigenvalue weighted by Gasteiger charge is 2.45. The number of hydrogen-bond acceptors (Lipinski definition) is 4. The topological polar surface area (TPSA) is 51.2 Å². The number of benzene rings is 2. The summed E-state index contributed by atoms with van der Waals surface area (Å²) in [4.78, 5) is 36.7. The van der Waals surface area contributed by atoms with Crippen molar-refractivity contribution >= 4 is 29.1 Å². The fraction of sp³-hybridized carbons (Fsp3) is 0.167. The normalized spacial score (nSPS) is 12.5. The van der Waals surface area contributed by atoms with Crippen LogP contribution in [0.15, 0.2) is 64.4 Å². The van der Waals surface area contributed by atoms with E-state index in [4.69, 9.17) is 0 Å². The van der Waals surface area contributed by atoms with E-state index in [1.165, 1.54) is 23.9 Å². The number of carbonyl (C=O) groups excluding carboxylic acids is 3. The van der Waals surface area contributed by atoms with Gasteiger partial charge in [0.25, 0.3) is 0 Å². The van der Waals surface area contributed by atoms with Gasteiger partial charge < -0.3 is 0 Å². The molecule has 130 valence electrons. The Labute approximate surface area is 146 Å². The molecule has 7 heteroatoms. The predicted octanol–water partition coefficient (Wildman–Crippen LogP) is 4.36. The second-order valence-electron chi connectivity index (χ2n) is 5.22. The van der Waals surface area contributed by atoms with E-state index >= 15 is 0 Å². The van der Waals surface area contributed by atoms with Crippen LogP contribution in [0.3, 0.4) is 0 Å². The number of hydrogen-bond donors (Lipinski definition) is 0. The molecule has 0 aromatic heterocycles. The van der Waals surface area contributed by atoms with Gasteiger partial charge in [0.15, 0.2) is 0 Å². The van der Waals surface area contributed by atoms with E-state index in [1.54, 1.807) is 12.1 Å². The van der Waals surface area contributed by atoms with Gasteiger partial charge in [-0.15, -0.1) is 0 Å². The van der Waals surface area contributed by atoms with Gasteiger partial charge in [-0.25, -0.2) is 0 Å². The average Bonchev–Trinajstić information content (AvgIpc) is 2.60. The molecular weight excluding hydrogens is 353 g/mol. The third-order valence-electron chi connectivity index (χ3n) is 3.39. The van der Waals surface area contributed by atoms with E-state index in [2.05, 4.69) is 0 Å². The molecule has 1 atom stereocenters. The molecule has 0 N–H and O–H groups in total. The van der Waals surface area contributed by atoms with Crippen LogP contribution < -0.4 is 0 Å². The van der Waals surface area contributed by atoms with Gasteiger partial charge in [-0.1, -0.05) is 30.0 Å². The quantitative estimate of drug-likeness (QED) is 0.433. The largest absolute Gasteiger partial charge is 0.450 e. The predicted molar refractivity (Wildman–Crippen MR) is 86.6 cm³/mol. The summed E-state index contributed by atoms with van der Waals surface area (Å²) in [5, 5.41) is 0. The molecule has 0 spiro atoms. The number of halogens is 3. The van der Waals surface area contributed by atoms with Gasteiger partial charge in [0.05, 0.1) is 5.92 Å². The van der Waals surface area contributed by atoms with Crippen LogP contribution in [0.25, 0.3) is 0 Å². The zero-order chi connectivity index (χ0) is 18.6. The number of alkyl halides is 3. The van der Waals surface area contributed by atoms with Crippen molar-refractivity contribution in [2.45, 2.75) is 22.9 Å². The zero-order valence-electron chi connectivity index (χ0n) is 13.0. The molecular formula is C18H13F3O3S. The lowest BCUT2D eigenvalue weighted by molar-refractivity contribution is -0.175. The Kier molecular flexibility index (Phi) is 5.79. The molecule has 1 unspecified atom stereocenters. The van der Waals surface area contributed by atoms with Crippen LogP contribution in [0.5, 0.6) is 0 Å². The third kappa shape index (κ3) is 4.79. The molecule has 0 saturated heterocycles. The van der Waals surface area contributed by atoms with E-state index in [-0.39, 0.29) is 5.56 Å². The highest BCUT2D eigenvalue weighted by atomic mass is 32.2. The standard InChI is InChI=1S/C18H13F3O3S/c1-11(17(24)18(19,20)21)15(22)16(23)12-7-9-14(10-8-12)25-13-5-3-2-4-6-13/h2-11H,1H3. The first kappa shape index (κ1) is 18.9. The second-order valence-corrected chi connectivity index (χ2v) is 6.36. The van der Waals surface area contributed by atoms with Crippen molar-refractivity contribution in [1.29, 1.82) is 0 Å². The fourth-order valence-electron chi connectivity index (χ4n) is 2.00. The Balaban J connectivity index is 2.09. The van der Waals surface area contributed by atoms with E-state index < -0.39 is 29.4 Å². The summed E-state index contributed by atoms with van der Waals surface area (Å²) < 4.78 is 37.1. The van der Waals surface area contributed by atoms with E-state index in [1.807, 2.05) is 30.3 Å². The SMILES string of the molecule is CC(C(=O)C(=O)c1ccc(Sc2ccccc2)cc1)C(=O)C(F)(F)F. The summed E-state index contributed by atoms with van der Waals surface area (Å²) in [5.74, 6) is -6.75. The maximum absolute atomic E-state index is 12.4. The fourth-order valence-corrected chi connectivity index (χ4v) is 2.84. The summed E-state index contributed by atoms with van der Waals surface area (Å²) in [6.07, 6.45) is -5.15. The molecule has 0 fully saturated rings. The molecule has 0 bridgehead atoms. The van der Waals surface area contributed by atoms with E-state index in [0.717, 1.165) is 16.7 Å². The monoisotopic (exact) mass is 366 g/mol. The number of rotatable bonds is 6. The molecule has 0 saturated carbocycles. The van der Waals surface area contributed by atoms with Crippen LogP contribution in [0.1, 0.15) is 17.3 Å². The lowest BCUT2D eigenvalue weighted by atomic mass is 9.94. The van der Waals surface area contributed by atoms with Gasteiger partial charge >= 0.3 is 6.18 Å². The van der Waals surface area contributed by atoms with Gasteiger partial charge in [-0.05, 0) is 43.3 Å². The van der Waals surface area contributed by atoms with Crippen molar-refractivity contribution in [2.24, 2.45) is 5.92 Å². The molecule has 25 heavy (non-hydrogen) atoms. The molecule has 2 aromatic carbocycles. The molecule has 2 aromatic rings. The number of carbonyl (C=O) groups is 3. The molecule has 0 aliphatic rings. The minimum atomic E-state index is -5.15. The summed E-state index contributed by atoms with van der Waals surface area (Å²) >= 11 is 1.43. The number of Topliss-reactive ketones (excluding diaryl/α,β-unsaturated/α-hetero) is 3. The summed E-state index contributed by atoms with van der Waals surface area (Å²) in [6.45, 7) is 0.787. The lowest BCUT2D eigenvalue weighted by Gasteiger charge is -2.11. The molecule has 3 nitrogen and oxygen atoms in total. The van der Waals surface area contributed by atoms with Crippen LogP contribution in [-0.2, 0) is 9.59 Å². The van der Waals surface area contributed by atoms with Crippen molar-refractivity contribution < 1.29 is 27.6 Å². The first-order valence-electron chi connectivity index (χ1n) is 7.22. The van der Waals surface area contributed by atoms with E-state index in [0.29, 0.717) is 0 Å². The summed E-state index contributed by atoms with van der Waals surface area (Å²) in [7, 11) is 0. The Morgan fingerprint density at radius 1 is 0.880 bits per heavy atom. The first-order valence-corrected chi connectivity index (χ1v) is 8.04. The maximum atomic E-state index is 12.4. The second kappa shape index (κ2) is 7.65. The van der Waals surface area contributed by atoms with Gasteiger partial charge in [-0.3, -0.25) is 14.4 Å². The molecule has 2 rings (SSSR count). The average molecular weight is 366 g/mol. The Morgan fingerprint density at radius 3 is 1.92 bits per heavy atom. The smallest absolute Gasteiger partial charge is 0.290 e. The number of ketones is 3. The van der Waals surface area contributed by atoms with Crippen LogP contribution in [0.4, 0.5) is 13.2 Å². The van der Waals surface area contributed by atoms with Gasteiger partial charge in [0.1, 0.15) is 0 Å². The molecule has 0 radical (unpaired) electrons. The third-order valence-corrected chi connectivity index (χ3v) is 4.40. The molecule has 0 heterocycles. The first-order chi connectivity index (χ1) is 11.7. The molecule has 0 aliphatic heterocycles. The lowest BCUT2D eigenvalue weighted by Crippen LogP contribution is -2.36. The zero-order valence-corrected chi connectivity index (χ0v) is 13.9. The van der Waals surface area contributed by atoms with Crippen molar-refractivity contribution in [1.82, 2.24) is 0 Å². The summed E-state index contributed by atoms with van der Waals surface area (Å²) in [5.41, 5.74) is -0.0516. The van der Waals surface area contributed by atoms with Crippen molar-refractivity contribution in [3.05, 3.63) is 60.2 Å². The Morgan fingerprint density at radius 2 is 1.40 bits per heavy atom.